The predicted octanol–water partition coefficient (Wildman–Crippen LogP) is 4.18. The quantitative estimate of drug-likeness (QED) is 0.845. The van der Waals surface area contributed by atoms with Crippen LogP contribution in [0.2, 0.25) is 0 Å². The van der Waals surface area contributed by atoms with Gasteiger partial charge in [-0.2, -0.15) is 13.2 Å². The van der Waals surface area contributed by atoms with Crippen LogP contribution < -0.4 is 10.6 Å². The fourth-order valence-electron chi connectivity index (χ4n) is 1.73. The van der Waals surface area contributed by atoms with E-state index in [-0.39, 0.29) is 11.6 Å². The fourth-order valence-corrected chi connectivity index (χ4v) is 1.73. The molecule has 7 heteroatoms. The number of hydrogen-bond donors (Lipinski definition) is 1. The molecule has 1 aromatic heterocycles. The Balaban J connectivity index is 0.00000116. The van der Waals surface area contributed by atoms with Crippen LogP contribution in [-0.2, 0) is 6.18 Å². The molecule has 1 heterocycles. The minimum absolute atomic E-state index is 0.185. The Hall–Kier alpha value is -2.31. The third-order valence-corrected chi connectivity index (χ3v) is 2.79. The van der Waals surface area contributed by atoms with Crippen molar-refractivity contribution in [1.82, 2.24) is 9.97 Å². The molecule has 0 fully saturated rings. The average Bonchev–Trinajstić information content (AvgIpc) is 2.48. The summed E-state index contributed by atoms with van der Waals surface area (Å²) in [7, 11) is 1.52. The van der Waals surface area contributed by atoms with Gasteiger partial charge in [0, 0.05) is 24.6 Å². The first kappa shape index (κ1) is 17.7. The maximum absolute atomic E-state index is 13.0. The molecule has 0 atom stereocenters. The summed E-state index contributed by atoms with van der Waals surface area (Å²) < 4.78 is 39.0. The lowest BCUT2D eigenvalue weighted by molar-refractivity contribution is -0.137. The van der Waals surface area contributed by atoms with Gasteiger partial charge in [0.15, 0.2) is 0 Å². The molecule has 4 nitrogen and oxygen atoms in total. The Morgan fingerprint density at radius 1 is 1.09 bits per heavy atom. The minimum atomic E-state index is -4.51. The van der Waals surface area contributed by atoms with Crippen LogP contribution in [0.15, 0.2) is 30.5 Å². The molecule has 0 saturated carbocycles. The van der Waals surface area contributed by atoms with Gasteiger partial charge in [0.05, 0.1) is 0 Å². The van der Waals surface area contributed by atoms with E-state index in [1.165, 1.54) is 11.9 Å². The average molecular weight is 312 g/mol. The van der Waals surface area contributed by atoms with Gasteiger partial charge in [-0.15, -0.1) is 0 Å². The van der Waals surface area contributed by atoms with Crippen molar-refractivity contribution in [2.75, 3.05) is 17.7 Å². The first-order chi connectivity index (χ1) is 10.3. The van der Waals surface area contributed by atoms with Crippen LogP contribution in [0.25, 0.3) is 0 Å². The van der Waals surface area contributed by atoms with E-state index in [9.17, 15) is 13.2 Å². The summed E-state index contributed by atoms with van der Waals surface area (Å²) >= 11 is 0. The summed E-state index contributed by atoms with van der Waals surface area (Å²) in [5.74, 6) is 0.0880. The third-order valence-electron chi connectivity index (χ3n) is 2.79. The van der Waals surface area contributed by atoms with Crippen molar-refractivity contribution >= 4 is 17.2 Å². The highest BCUT2D eigenvalue weighted by Crippen LogP contribution is 2.36. The van der Waals surface area contributed by atoms with Crippen LogP contribution in [0, 0.1) is 6.92 Å². The number of aromatic nitrogens is 2. The molecule has 2 rings (SSSR count). The molecule has 0 radical (unpaired) electrons. The molecule has 1 aromatic carbocycles. The monoisotopic (exact) mass is 312 g/mol. The first-order valence-corrected chi connectivity index (χ1v) is 6.79. The van der Waals surface area contributed by atoms with E-state index in [1.807, 2.05) is 13.8 Å². The Morgan fingerprint density at radius 3 is 2.14 bits per heavy atom. The second-order valence-corrected chi connectivity index (χ2v) is 4.30. The number of aryl methyl sites for hydroxylation is 1. The van der Waals surface area contributed by atoms with Crippen LogP contribution in [0.4, 0.5) is 30.4 Å². The maximum Gasteiger partial charge on any atom is 0.421 e. The Labute approximate surface area is 127 Å². The van der Waals surface area contributed by atoms with Gasteiger partial charge in [0.2, 0.25) is 0 Å². The smallest absolute Gasteiger partial charge is 0.399 e. The van der Waals surface area contributed by atoms with Crippen LogP contribution in [0.5, 0.6) is 0 Å². The molecule has 0 unspecified atom stereocenters. The van der Waals surface area contributed by atoms with Crippen molar-refractivity contribution in [3.8, 4) is 0 Å². The number of benzene rings is 1. The molecule has 0 spiro atoms. The van der Waals surface area contributed by atoms with E-state index in [2.05, 4.69) is 9.97 Å². The zero-order valence-electron chi connectivity index (χ0n) is 12.9. The van der Waals surface area contributed by atoms with E-state index in [0.717, 1.165) is 6.20 Å². The van der Waals surface area contributed by atoms with Gasteiger partial charge in [-0.25, -0.2) is 9.97 Å². The molecule has 0 aliphatic carbocycles. The van der Waals surface area contributed by atoms with Crippen molar-refractivity contribution in [3.05, 3.63) is 41.9 Å². The fraction of sp³-hybridized carbons (Fsp3) is 0.333. The number of nitrogens with two attached hydrogens (primary N) is 1. The molecule has 120 valence electrons. The zero-order chi connectivity index (χ0) is 16.9. The van der Waals surface area contributed by atoms with Crippen LogP contribution in [0.1, 0.15) is 25.2 Å². The Kier molecular flexibility index (Phi) is 5.73. The maximum atomic E-state index is 13.0. The van der Waals surface area contributed by atoms with Gasteiger partial charge in [-0.05, 0) is 31.2 Å². The summed E-state index contributed by atoms with van der Waals surface area (Å²) in [5, 5.41) is 0. The van der Waals surface area contributed by atoms with Gasteiger partial charge in [0.1, 0.15) is 17.2 Å². The lowest BCUT2D eigenvalue weighted by atomic mass is 10.2. The number of hydrogen-bond acceptors (Lipinski definition) is 4. The highest BCUT2D eigenvalue weighted by Gasteiger charge is 2.36. The Morgan fingerprint density at radius 2 is 1.64 bits per heavy atom. The predicted molar refractivity (Wildman–Crippen MR) is 82.0 cm³/mol. The third kappa shape index (κ3) is 4.09. The number of anilines is 3. The van der Waals surface area contributed by atoms with E-state index >= 15 is 0 Å². The van der Waals surface area contributed by atoms with E-state index in [0.29, 0.717) is 11.4 Å². The second kappa shape index (κ2) is 7.11. The zero-order valence-corrected chi connectivity index (χ0v) is 12.9. The molecular weight excluding hydrogens is 293 g/mol. The number of alkyl halides is 3. The molecule has 22 heavy (non-hydrogen) atoms. The molecule has 0 aliphatic rings. The van der Waals surface area contributed by atoms with Crippen molar-refractivity contribution in [2.45, 2.75) is 26.9 Å². The number of nitrogens with zero attached hydrogens (tertiary/aromatic N) is 3. The molecule has 2 N–H and O–H groups in total. The van der Waals surface area contributed by atoms with E-state index < -0.39 is 11.7 Å². The van der Waals surface area contributed by atoms with Gasteiger partial charge in [-0.1, -0.05) is 13.8 Å². The standard InChI is InChI=1S/C13H13F3N4.C2H6/c1-8-18-7-11(13(14,15)16)12(19-8)20(2)10-5-3-9(17)4-6-10;1-2/h3-7H,17H2,1-2H3;1-2H3. The Bertz CT molecular complexity index is 609. The van der Waals surface area contributed by atoms with Crippen molar-refractivity contribution < 1.29 is 13.2 Å². The van der Waals surface area contributed by atoms with Gasteiger partial charge >= 0.3 is 6.18 Å². The highest BCUT2D eigenvalue weighted by atomic mass is 19.4. The summed E-state index contributed by atoms with van der Waals surface area (Å²) in [6.07, 6.45) is -3.71. The number of halogens is 3. The van der Waals surface area contributed by atoms with Crippen LogP contribution in [-0.4, -0.2) is 17.0 Å². The summed E-state index contributed by atoms with van der Waals surface area (Å²) in [6.45, 7) is 5.54. The summed E-state index contributed by atoms with van der Waals surface area (Å²) in [5.41, 5.74) is 5.79. The molecule has 0 bridgehead atoms. The van der Waals surface area contributed by atoms with Gasteiger partial charge < -0.3 is 10.6 Å². The van der Waals surface area contributed by atoms with E-state index in [4.69, 9.17) is 5.73 Å². The minimum Gasteiger partial charge on any atom is -0.399 e. The van der Waals surface area contributed by atoms with Crippen molar-refractivity contribution in [2.24, 2.45) is 0 Å². The van der Waals surface area contributed by atoms with Crippen LogP contribution in [0.3, 0.4) is 0 Å². The largest absolute Gasteiger partial charge is 0.421 e. The molecule has 0 aliphatic heterocycles. The van der Waals surface area contributed by atoms with Crippen LogP contribution >= 0.6 is 0 Å². The van der Waals surface area contributed by atoms with E-state index in [1.54, 1.807) is 31.2 Å². The van der Waals surface area contributed by atoms with Gasteiger partial charge in [-0.3, -0.25) is 0 Å². The molecule has 2 aromatic rings. The summed E-state index contributed by atoms with van der Waals surface area (Å²) in [6, 6.07) is 6.50. The normalized spacial score (nSPS) is 10.7. The lowest BCUT2D eigenvalue weighted by Gasteiger charge is -2.22. The first-order valence-electron chi connectivity index (χ1n) is 6.79. The topological polar surface area (TPSA) is 55.0 Å². The molecule has 0 saturated heterocycles. The number of nitrogen functional groups attached to an aromatic ring is 1. The summed E-state index contributed by atoms with van der Waals surface area (Å²) in [4.78, 5) is 8.88. The lowest BCUT2D eigenvalue weighted by Crippen LogP contribution is -2.19. The SMILES string of the molecule is CC.Cc1ncc(C(F)(F)F)c(N(C)c2ccc(N)cc2)n1. The second-order valence-electron chi connectivity index (χ2n) is 4.30. The van der Waals surface area contributed by atoms with Gasteiger partial charge in [0.25, 0.3) is 0 Å². The number of rotatable bonds is 2. The molecule has 0 amide bonds. The van der Waals surface area contributed by atoms with Crippen molar-refractivity contribution in [3.63, 3.8) is 0 Å². The van der Waals surface area contributed by atoms with Crippen molar-refractivity contribution in [1.29, 1.82) is 0 Å². The highest BCUT2D eigenvalue weighted by molar-refractivity contribution is 5.64. The molecular formula is C15H19F3N4.